The minimum atomic E-state index is -0.835. The van der Waals surface area contributed by atoms with Crippen LogP contribution in [0.4, 0.5) is 5.95 Å². The molecular weight excluding hydrogens is 302 g/mol. The number of aromatic nitrogens is 2. The zero-order valence-electron chi connectivity index (χ0n) is 12.2. The van der Waals surface area contributed by atoms with Gasteiger partial charge in [0.2, 0.25) is 5.89 Å². The van der Waals surface area contributed by atoms with Crippen LogP contribution in [-0.2, 0) is 5.60 Å². The normalized spacial score (nSPS) is 27.9. The zero-order valence-corrected chi connectivity index (χ0v) is 13.0. The maximum absolute atomic E-state index is 10.7. The van der Waals surface area contributed by atoms with Gasteiger partial charge in [-0.3, -0.25) is 0 Å². The number of halogens is 1. The van der Waals surface area contributed by atoms with Crippen molar-refractivity contribution in [3.05, 3.63) is 40.7 Å². The van der Waals surface area contributed by atoms with Crippen molar-refractivity contribution >= 4 is 17.5 Å². The molecule has 6 heteroatoms. The minimum absolute atomic E-state index is 0.118. The Hall–Kier alpha value is -1.59. The summed E-state index contributed by atoms with van der Waals surface area (Å²) in [5.41, 5.74) is 0.0215. The highest BCUT2D eigenvalue weighted by Crippen LogP contribution is 2.50. The Morgan fingerprint density at radius 2 is 2.05 bits per heavy atom. The van der Waals surface area contributed by atoms with E-state index in [1.54, 1.807) is 0 Å². The summed E-state index contributed by atoms with van der Waals surface area (Å²) in [6.45, 7) is 1.99. The number of hydrogen-bond acceptors (Lipinski definition) is 5. The Balaban J connectivity index is 1.46. The van der Waals surface area contributed by atoms with Crippen molar-refractivity contribution in [1.82, 2.24) is 10.1 Å². The predicted octanol–water partition coefficient (Wildman–Crippen LogP) is 3.09. The summed E-state index contributed by atoms with van der Waals surface area (Å²) in [5, 5.41) is 15.4. The highest BCUT2D eigenvalue weighted by atomic mass is 35.5. The number of hydrogen-bond donors (Lipinski definition) is 1. The van der Waals surface area contributed by atoms with Gasteiger partial charge >= 0.3 is 0 Å². The van der Waals surface area contributed by atoms with Crippen LogP contribution >= 0.6 is 11.6 Å². The van der Waals surface area contributed by atoms with Crippen molar-refractivity contribution in [1.29, 1.82) is 0 Å². The molecule has 2 heterocycles. The second-order valence-electron chi connectivity index (χ2n) is 6.27. The predicted molar refractivity (Wildman–Crippen MR) is 83.1 cm³/mol. The maximum atomic E-state index is 10.7. The van der Waals surface area contributed by atoms with E-state index in [9.17, 15) is 5.11 Å². The molecule has 22 heavy (non-hydrogen) atoms. The summed E-state index contributed by atoms with van der Waals surface area (Å²) < 4.78 is 5.39. The number of aliphatic hydroxyl groups is 1. The zero-order chi connectivity index (χ0) is 15.2. The molecule has 0 bridgehead atoms. The fourth-order valence-corrected chi connectivity index (χ4v) is 3.57. The molecule has 2 aromatic rings. The quantitative estimate of drug-likeness (QED) is 0.942. The molecule has 0 spiro atoms. The van der Waals surface area contributed by atoms with Crippen LogP contribution in [0.15, 0.2) is 28.8 Å². The molecule has 5 nitrogen and oxygen atoms in total. The number of benzene rings is 1. The monoisotopic (exact) mass is 319 g/mol. The molecule has 1 aliphatic carbocycles. The Bertz CT molecular complexity index is 676. The van der Waals surface area contributed by atoms with Gasteiger partial charge < -0.3 is 14.5 Å². The summed E-state index contributed by atoms with van der Waals surface area (Å²) in [7, 11) is 0. The lowest BCUT2D eigenvalue weighted by molar-refractivity contribution is -0.0617. The first-order valence-corrected chi connectivity index (χ1v) is 8.09. The van der Waals surface area contributed by atoms with Gasteiger partial charge in [0.25, 0.3) is 5.95 Å². The SMILES string of the molecule is OC1(c2cccc(Cl)c2)CC(c2nc(N3CCCC3)no2)C1. The summed E-state index contributed by atoms with van der Waals surface area (Å²) in [6, 6.07) is 7.40. The maximum Gasteiger partial charge on any atom is 0.266 e. The largest absolute Gasteiger partial charge is 0.385 e. The lowest BCUT2D eigenvalue weighted by atomic mass is 9.67. The number of nitrogens with zero attached hydrogens (tertiary/aromatic N) is 3. The molecule has 0 unspecified atom stereocenters. The molecule has 0 radical (unpaired) electrons. The smallest absolute Gasteiger partial charge is 0.266 e. The highest BCUT2D eigenvalue weighted by Gasteiger charge is 2.47. The third kappa shape index (κ3) is 2.38. The van der Waals surface area contributed by atoms with Crippen LogP contribution in [0.25, 0.3) is 0 Å². The van der Waals surface area contributed by atoms with Gasteiger partial charge in [-0.2, -0.15) is 4.98 Å². The lowest BCUT2D eigenvalue weighted by Gasteiger charge is -2.42. The number of anilines is 1. The molecule has 2 aliphatic rings. The fourth-order valence-electron chi connectivity index (χ4n) is 3.38. The van der Waals surface area contributed by atoms with Gasteiger partial charge in [0.1, 0.15) is 0 Å². The lowest BCUT2D eigenvalue weighted by Crippen LogP contribution is -2.39. The van der Waals surface area contributed by atoms with Crippen molar-refractivity contribution in [2.45, 2.75) is 37.2 Å². The fraction of sp³-hybridized carbons (Fsp3) is 0.500. The van der Waals surface area contributed by atoms with Crippen molar-refractivity contribution in [2.75, 3.05) is 18.0 Å². The van der Waals surface area contributed by atoms with Crippen LogP contribution in [0.3, 0.4) is 0 Å². The van der Waals surface area contributed by atoms with E-state index >= 15 is 0 Å². The van der Waals surface area contributed by atoms with Crippen LogP contribution in [-0.4, -0.2) is 28.3 Å². The third-order valence-electron chi connectivity index (χ3n) is 4.70. The van der Waals surface area contributed by atoms with E-state index in [2.05, 4.69) is 15.0 Å². The molecule has 1 aromatic heterocycles. The molecule has 4 rings (SSSR count). The Morgan fingerprint density at radius 3 is 2.77 bits per heavy atom. The molecule has 2 fully saturated rings. The number of rotatable bonds is 3. The summed E-state index contributed by atoms with van der Waals surface area (Å²) in [5.74, 6) is 1.44. The van der Waals surface area contributed by atoms with Crippen molar-refractivity contribution in [3.8, 4) is 0 Å². The van der Waals surface area contributed by atoms with Crippen molar-refractivity contribution in [2.24, 2.45) is 0 Å². The standard InChI is InChI=1S/C16H18ClN3O2/c17-13-5-3-4-12(8-13)16(21)9-11(10-16)14-18-15(19-22-14)20-6-1-2-7-20/h3-5,8,11,21H,1-2,6-7,9-10H2. The Labute approximate surface area is 133 Å². The van der Waals surface area contributed by atoms with Crippen LogP contribution in [0.5, 0.6) is 0 Å². The first-order valence-electron chi connectivity index (χ1n) is 7.71. The topological polar surface area (TPSA) is 62.4 Å². The second-order valence-corrected chi connectivity index (χ2v) is 6.71. The van der Waals surface area contributed by atoms with Gasteiger partial charge in [0, 0.05) is 24.0 Å². The van der Waals surface area contributed by atoms with Gasteiger partial charge in [0.15, 0.2) is 0 Å². The summed E-state index contributed by atoms with van der Waals surface area (Å²) >= 11 is 6.00. The summed E-state index contributed by atoms with van der Waals surface area (Å²) in [4.78, 5) is 6.65. The van der Waals surface area contributed by atoms with Gasteiger partial charge in [-0.25, -0.2) is 0 Å². The van der Waals surface area contributed by atoms with Crippen LogP contribution in [0.1, 0.15) is 43.1 Å². The van der Waals surface area contributed by atoms with Crippen LogP contribution < -0.4 is 4.90 Å². The summed E-state index contributed by atoms with van der Waals surface area (Å²) in [6.07, 6.45) is 3.55. The molecule has 1 N–H and O–H groups in total. The third-order valence-corrected chi connectivity index (χ3v) is 4.93. The molecule has 0 amide bonds. The van der Waals surface area contributed by atoms with E-state index in [0.29, 0.717) is 29.7 Å². The van der Waals surface area contributed by atoms with Gasteiger partial charge in [0.05, 0.1) is 5.60 Å². The van der Waals surface area contributed by atoms with Gasteiger partial charge in [-0.05, 0) is 48.5 Å². The molecule has 1 aliphatic heterocycles. The van der Waals surface area contributed by atoms with Gasteiger partial charge in [-0.15, -0.1) is 0 Å². The molecule has 1 aromatic carbocycles. The molecular formula is C16H18ClN3O2. The Kier molecular flexibility index (Phi) is 3.35. The molecule has 1 saturated heterocycles. The van der Waals surface area contributed by atoms with Gasteiger partial charge in [-0.1, -0.05) is 23.7 Å². The molecule has 1 saturated carbocycles. The molecule has 0 atom stereocenters. The Morgan fingerprint density at radius 1 is 1.27 bits per heavy atom. The van der Waals surface area contributed by atoms with Crippen LogP contribution in [0, 0.1) is 0 Å². The average molecular weight is 320 g/mol. The van der Waals surface area contributed by atoms with Crippen LogP contribution in [0.2, 0.25) is 5.02 Å². The average Bonchev–Trinajstić information content (AvgIpc) is 3.14. The first kappa shape index (κ1) is 14.0. The molecule has 116 valence electrons. The van der Waals surface area contributed by atoms with Crippen molar-refractivity contribution in [3.63, 3.8) is 0 Å². The minimum Gasteiger partial charge on any atom is -0.385 e. The van der Waals surface area contributed by atoms with E-state index in [1.807, 2.05) is 24.3 Å². The first-order chi connectivity index (χ1) is 10.6. The highest BCUT2D eigenvalue weighted by molar-refractivity contribution is 6.30. The van der Waals surface area contributed by atoms with E-state index in [4.69, 9.17) is 16.1 Å². The van der Waals surface area contributed by atoms with E-state index in [-0.39, 0.29) is 5.92 Å². The van der Waals surface area contributed by atoms with Crippen molar-refractivity contribution < 1.29 is 9.63 Å². The second kappa shape index (κ2) is 5.25. The van der Waals surface area contributed by atoms with E-state index in [0.717, 1.165) is 18.7 Å². The van der Waals surface area contributed by atoms with E-state index in [1.165, 1.54) is 12.8 Å². The van der Waals surface area contributed by atoms with E-state index < -0.39 is 5.60 Å².